The number of hydrogen-bond acceptors (Lipinski definition) is 4. The van der Waals surface area contributed by atoms with Crippen molar-refractivity contribution in [2.75, 3.05) is 13.7 Å². The molecule has 0 bridgehead atoms. The summed E-state index contributed by atoms with van der Waals surface area (Å²) >= 11 is 0. The Morgan fingerprint density at radius 1 is 1.23 bits per heavy atom. The van der Waals surface area contributed by atoms with Crippen LogP contribution in [-0.4, -0.2) is 36.0 Å². The van der Waals surface area contributed by atoms with Gasteiger partial charge in [-0.25, -0.2) is 4.99 Å². The quantitative estimate of drug-likeness (QED) is 0.221. The minimum Gasteiger partial charge on any atom is -0.497 e. The van der Waals surface area contributed by atoms with Crippen LogP contribution in [0.1, 0.15) is 23.7 Å². The smallest absolute Gasteiger partial charge is 0.435 e. The third-order valence-electron chi connectivity index (χ3n) is 3.85. The van der Waals surface area contributed by atoms with Crippen molar-refractivity contribution in [3.05, 3.63) is 41.2 Å². The standard InChI is InChI=1S/C18H22F5N5O2.HI/c1-4-24-17(26-9-12-10-28(2)27-15(12)18(21,22)23)25-8-11-7-13(29-3)5-6-14(11)30-16(19)20;/h5-7,10,16H,4,8-9H2,1-3H3,(H2,24,25,26);1H. The number of nitrogens with one attached hydrogen (secondary N) is 2. The number of hydrogen-bond donors (Lipinski definition) is 2. The molecule has 1 aromatic carbocycles. The van der Waals surface area contributed by atoms with E-state index in [9.17, 15) is 22.0 Å². The third kappa shape index (κ3) is 8.03. The molecule has 7 nitrogen and oxygen atoms in total. The molecule has 2 N–H and O–H groups in total. The van der Waals surface area contributed by atoms with Crippen LogP contribution in [0.2, 0.25) is 0 Å². The van der Waals surface area contributed by atoms with Crippen molar-refractivity contribution >= 4 is 29.9 Å². The molecule has 2 rings (SSSR count). The van der Waals surface area contributed by atoms with Crippen LogP contribution in [0.3, 0.4) is 0 Å². The van der Waals surface area contributed by atoms with Crippen LogP contribution in [0.15, 0.2) is 29.4 Å². The zero-order chi connectivity index (χ0) is 22.3. The molecule has 1 aromatic heterocycles. The van der Waals surface area contributed by atoms with Gasteiger partial charge in [-0.1, -0.05) is 0 Å². The molecule has 0 amide bonds. The maximum atomic E-state index is 13.1. The Balaban J connectivity index is 0.00000480. The van der Waals surface area contributed by atoms with Gasteiger partial charge >= 0.3 is 12.8 Å². The van der Waals surface area contributed by atoms with E-state index in [1.807, 2.05) is 0 Å². The molecule has 0 aliphatic heterocycles. The van der Waals surface area contributed by atoms with E-state index in [0.717, 1.165) is 4.68 Å². The highest BCUT2D eigenvalue weighted by Gasteiger charge is 2.36. The number of aryl methyl sites for hydroxylation is 1. The second-order valence-corrected chi connectivity index (χ2v) is 6.08. The molecule has 174 valence electrons. The van der Waals surface area contributed by atoms with E-state index >= 15 is 0 Å². The van der Waals surface area contributed by atoms with Crippen molar-refractivity contribution in [2.24, 2.45) is 12.0 Å². The second kappa shape index (κ2) is 11.9. The van der Waals surface area contributed by atoms with E-state index in [1.165, 1.54) is 38.6 Å². The van der Waals surface area contributed by atoms with Crippen molar-refractivity contribution in [1.82, 2.24) is 20.4 Å². The minimum atomic E-state index is -4.60. The van der Waals surface area contributed by atoms with Gasteiger partial charge < -0.3 is 20.1 Å². The van der Waals surface area contributed by atoms with E-state index in [1.54, 1.807) is 6.92 Å². The Kier molecular flexibility index (Phi) is 10.3. The van der Waals surface area contributed by atoms with Gasteiger partial charge in [0.1, 0.15) is 11.5 Å². The molecule has 0 unspecified atom stereocenters. The SMILES string of the molecule is CCNC(=NCc1cn(C)nc1C(F)(F)F)NCc1cc(OC)ccc1OC(F)F.I. The Morgan fingerprint density at radius 3 is 2.52 bits per heavy atom. The molecule has 31 heavy (non-hydrogen) atoms. The van der Waals surface area contributed by atoms with E-state index in [4.69, 9.17) is 4.74 Å². The lowest BCUT2D eigenvalue weighted by atomic mass is 10.2. The maximum absolute atomic E-state index is 13.1. The highest BCUT2D eigenvalue weighted by molar-refractivity contribution is 14.0. The first-order chi connectivity index (χ1) is 14.1. The number of guanidine groups is 1. The van der Waals surface area contributed by atoms with Gasteiger partial charge in [-0.3, -0.25) is 4.68 Å². The molecule has 0 saturated heterocycles. The summed E-state index contributed by atoms with van der Waals surface area (Å²) in [6.45, 7) is -1.06. The predicted octanol–water partition coefficient (Wildman–Crippen LogP) is 3.92. The zero-order valence-electron chi connectivity index (χ0n) is 17.0. The van der Waals surface area contributed by atoms with Crippen LogP contribution in [0.4, 0.5) is 22.0 Å². The third-order valence-corrected chi connectivity index (χ3v) is 3.85. The average Bonchev–Trinajstić information content (AvgIpc) is 3.05. The van der Waals surface area contributed by atoms with Crippen LogP contribution in [0.25, 0.3) is 0 Å². The fraction of sp³-hybridized carbons (Fsp3) is 0.444. The van der Waals surface area contributed by atoms with Crippen molar-refractivity contribution in [2.45, 2.75) is 32.8 Å². The molecule has 0 radical (unpaired) electrons. The number of nitrogens with zero attached hydrogens (tertiary/aromatic N) is 3. The summed E-state index contributed by atoms with van der Waals surface area (Å²) in [7, 11) is 2.82. The monoisotopic (exact) mass is 563 g/mol. The summed E-state index contributed by atoms with van der Waals surface area (Å²) in [5, 5.41) is 9.21. The lowest BCUT2D eigenvalue weighted by Crippen LogP contribution is -2.37. The minimum absolute atomic E-state index is 0. The highest BCUT2D eigenvalue weighted by Crippen LogP contribution is 2.31. The first kappa shape index (κ1) is 26.7. The summed E-state index contributed by atoms with van der Waals surface area (Å²) < 4.78 is 75.2. The summed E-state index contributed by atoms with van der Waals surface area (Å²) in [5.41, 5.74) is -0.743. The molecule has 1 heterocycles. The van der Waals surface area contributed by atoms with E-state index in [2.05, 4.69) is 25.5 Å². The molecule has 13 heteroatoms. The number of rotatable bonds is 8. The van der Waals surface area contributed by atoms with Crippen molar-refractivity contribution in [3.63, 3.8) is 0 Å². The number of aliphatic imine (C=N–C) groups is 1. The molecule has 0 fully saturated rings. The van der Waals surface area contributed by atoms with E-state index in [-0.39, 0.29) is 54.3 Å². The van der Waals surface area contributed by atoms with Crippen LogP contribution in [-0.2, 0) is 26.3 Å². The summed E-state index contributed by atoms with van der Waals surface area (Å²) in [5.74, 6) is 0.571. The summed E-state index contributed by atoms with van der Waals surface area (Å²) in [4.78, 5) is 4.14. The van der Waals surface area contributed by atoms with E-state index < -0.39 is 18.5 Å². The van der Waals surface area contributed by atoms with Gasteiger partial charge in [0.05, 0.1) is 13.7 Å². The molecule has 0 aliphatic rings. The van der Waals surface area contributed by atoms with Gasteiger partial charge in [-0.2, -0.15) is 27.1 Å². The molecule has 2 aromatic rings. The number of ether oxygens (including phenoxy) is 2. The first-order valence-electron chi connectivity index (χ1n) is 8.87. The number of benzene rings is 1. The number of methoxy groups -OCH3 is 1. The summed E-state index contributed by atoms with van der Waals surface area (Å²) in [6, 6.07) is 4.33. The zero-order valence-corrected chi connectivity index (χ0v) is 19.3. The van der Waals surface area contributed by atoms with E-state index in [0.29, 0.717) is 17.9 Å². The van der Waals surface area contributed by atoms with Crippen molar-refractivity contribution in [3.8, 4) is 11.5 Å². The normalized spacial score (nSPS) is 11.8. The molecule has 0 saturated carbocycles. The molecule has 0 aliphatic carbocycles. The highest BCUT2D eigenvalue weighted by atomic mass is 127. The first-order valence-corrected chi connectivity index (χ1v) is 8.87. The Morgan fingerprint density at radius 2 is 1.94 bits per heavy atom. The lowest BCUT2D eigenvalue weighted by Gasteiger charge is -2.15. The summed E-state index contributed by atoms with van der Waals surface area (Å²) in [6.07, 6.45) is -3.35. The van der Waals surface area contributed by atoms with Crippen molar-refractivity contribution in [1.29, 1.82) is 0 Å². The lowest BCUT2D eigenvalue weighted by molar-refractivity contribution is -0.142. The van der Waals surface area contributed by atoms with Gasteiger partial charge in [0.25, 0.3) is 0 Å². The molecular formula is C18H23F5IN5O2. The Hall–Kier alpha value is -2.32. The van der Waals surface area contributed by atoms with Crippen molar-refractivity contribution < 1.29 is 31.4 Å². The van der Waals surface area contributed by atoms with Gasteiger partial charge in [0.2, 0.25) is 0 Å². The molecule has 0 atom stereocenters. The fourth-order valence-corrected chi connectivity index (χ4v) is 2.61. The van der Waals surface area contributed by atoms with Crippen LogP contribution < -0.4 is 20.1 Å². The predicted molar refractivity (Wildman–Crippen MR) is 115 cm³/mol. The maximum Gasteiger partial charge on any atom is 0.435 e. The number of alkyl halides is 5. The van der Waals surface area contributed by atoms with Crippen LogP contribution in [0.5, 0.6) is 11.5 Å². The second-order valence-electron chi connectivity index (χ2n) is 6.08. The van der Waals surface area contributed by atoms with Crippen LogP contribution >= 0.6 is 24.0 Å². The fourth-order valence-electron chi connectivity index (χ4n) is 2.61. The molecule has 0 spiro atoms. The number of halogens is 6. The molecular weight excluding hydrogens is 540 g/mol. The Labute approximate surface area is 193 Å². The van der Waals surface area contributed by atoms with Gasteiger partial charge in [0.15, 0.2) is 11.7 Å². The van der Waals surface area contributed by atoms with Crippen LogP contribution in [0, 0.1) is 0 Å². The van der Waals surface area contributed by atoms with Gasteiger partial charge in [-0.05, 0) is 25.1 Å². The average molecular weight is 563 g/mol. The number of aromatic nitrogens is 2. The Bertz CT molecular complexity index is 874. The van der Waals surface area contributed by atoms with Gasteiger partial charge in [-0.15, -0.1) is 24.0 Å². The largest absolute Gasteiger partial charge is 0.497 e. The topological polar surface area (TPSA) is 72.7 Å². The van der Waals surface area contributed by atoms with Gasteiger partial charge in [0, 0.05) is 37.5 Å².